The largest absolute Gasteiger partial charge is 0.352 e. The Labute approximate surface area is 127 Å². The highest BCUT2D eigenvalue weighted by Crippen LogP contribution is 2.26. The average molecular weight is 300 g/mol. The van der Waals surface area contributed by atoms with Gasteiger partial charge in [0.15, 0.2) is 0 Å². The van der Waals surface area contributed by atoms with Crippen molar-refractivity contribution in [2.75, 3.05) is 0 Å². The topological polar surface area (TPSA) is 78.9 Å². The third-order valence-corrected chi connectivity index (χ3v) is 4.82. The molecule has 0 aliphatic carbocycles. The van der Waals surface area contributed by atoms with Gasteiger partial charge in [-0.1, -0.05) is 12.1 Å². The Hall–Kier alpha value is -2.08. The maximum absolute atomic E-state index is 12.3. The molecule has 3 heterocycles. The number of nitrogens with one attached hydrogen (secondary N) is 3. The van der Waals surface area contributed by atoms with Crippen LogP contribution in [-0.4, -0.2) is 33.6 Å². The highest BCUT2D eigenvalue weighted by molar-refractivity contribution is 5.80. The van der Waals surface area contributed by atoms with Crippen LogP contribution in [0.25, 0.3) is 11.0 Å². The van der Waals surface area contributed by atoms with Crippen LogP contribution in [0.15, 0.2) is 29.1 Å². The van der Waals surface area contributed by atoms with E-state index < -0.39 is 0 Å². The number of amides is 1. The Morgan fingerprint density at radius 2 is 1.95 bits per heavy atom. The third kappa shape index (κ3) is 2.43. The summed E-state index contributed by atoms with van der Waals surface area (Å²) < 4.78 is 1.50. The van der Waals surface area contributed by atoms with Gasteiger partial charge in [-0.15, -0.1) is 0 Å². The summed E-state index contributed by atoms with van der Waals surface area (Å²) in [6.45, 7) is 0.0715. The number of aromatic nitrogens is 2. The molecule has 2 aromatic rings. The summed E-state index contributed by atoms with van der Waals surface area (Å²) in [6.07, 6.45) is 4.40. The lowest BCUT2D eigenvalue weighted by atomic mass is 10.00. The molecule has 1 aromatic heterocycles. The Bertz CT molecular complexity index is 751. The number of benzene rings is 1. The minimum Gasteiger partial charge on any atom is -0.352 e. The van der Waals surface area contributed by atoms with E-state index in [1.54, 1.807) is 0 Å². The molecule has 2 bridgehead atoms. The van der Waals surface area contributed by atoms with Gasteiger partial charge < -0.3 is 15.6 Å². The van der Waals surface area contributed by atoms with Gasteiger partial charge in [-0.3, -0.25) is 9.36 Å². The predicted molar refractivity (Wildman–Crippen MR) is 83.7 cm³/mol. The van der Waals surface area contributed by atoms with Crippen molar-refractivity contribution in [2.24, 2.45) is 0 Å². The number of hydrogen-bond acceptors (Lipinski definition) is 3. The number of fused-ring (bicyclic) bond motifs is 3. The quantitative estimate of drug-likeness (QED) is 0.782. The molecule has 2 fully saturated rings. The molecule has 0 radical (unpaired) electrons. The molecule has 22 heavy (non-hydrogen) atoms. The number of carbonyl (C=O) groups is 1. The molecule has 6 nitrogen and oxygen atoms in total. The smallest absolute Gasteiger partial charge is 0.326 e. The standard InChI is InChI=1S/C16H20N4O2/c21-15(18-12-7-10-5-6-11(8-12)17-10)9-20-14-4-2-1-3-13(14)19-16(20)22/h1-4,10-12,17H,5-9H2,(H,18,21)(H,19,22). The molecular weight excluding hydrogens is 280 g/mol. The summed E-state index contributed by atoms with van der Waals surface area (Å²) in [5, 5.41) is 6.66. The number of hydrogen-bond donors (Lipinski definition) is 3. The van der Waals surface area contributed by atoms with Gasteiger partial charge in [-0.25, -0.2) is 4.79 Å². The van der Waals surface area contributed by atoms with Crippen LogP contribution in [0.2, 0.25) is 0 Å². The van der Waals surface area contributed by atoms with Crippen molar-refractivity contribution in [1.29, 1.82) is 0 Å². The zero-order chi connectivity index (χ0) is 15.1. The number of piperidine rings is 1. The van der Waals surface area contributed by atoms with Gasteiger partial charge in [0.2, 0.25) is 5.91 Å². The molecule has 1 amide bonds. The van der Waals surface area contributed by atoms with Gasteiger partial charge in [0.05, 0.1) is 11.0 Å². The van der Waals surface area contributed by atoms with Gasteiger partial charge >= 0.3 is 5.69 Å². The second kappa shape index (κ2) is 5.28. The molecule has 4 rings (SSSR count). The minimum absolute atomic E-state index is 0.0715. The Morgan fingerprint density at radius 3 is 2.73 bits per heavy atom. The van der Waals surface area contributed by atoms with Crippen molar-refractivity contribution >= 4 is 16.9 Å². The third-order valence-electron chi connectivity index (χ3n) is 4.82. The number of rotatable bonds is 3. The zero-order valence-corrected chi connectivity index (χ0v) is 12.3. The van der Waals surface area contributed by atoms with Crippen molar-refractivity contribution in [3.8, 4) is 0 Å². The fourth-order valence-electron chi connectivity index (χ4n) is 3.86. The Kier molecular flexibility index (Phi) is 3.26. The molecule has 3 N–H and O–H groups in total. The van der Waals surface area contributed by atoms with Crippen LogP contribution in [0.4, 0.5) is 0 Å². The summed E-state index contributed by atoms with van der Waals surface area (Å²) in [5.41, 5.74) is 1.30. The molecule has 1 aromatic carbocycles. The molecule has 0 saturated carbocycles. The van der Waals surface area contributed by atoms with Gasteiger partial charge in [0, 0.05) is 18.1 Å². The number of carbonyl (C=O) groups excluding carboxylic acids is 1. The minimum atomic E-state index is -0.235. The molecule has 2 aliphatic rings. The maximum atomic E-state index is 12.3. The number of para-hydroxylation sites is 2. The molecule has 2 aliphatic heterocycles. The van der Waals surface area contributed by atoms with E-state index in [0.29, 0.717) is 12.1 Å². The van der Waals surface area contributed by atoms with E-state index in [9.17, 15) is 9.59 Å². The van der Waals surface area contributed by atoms with E-state index in [0.717, 1.165) is 23.9 Å². The number of H-pyrrole nitrogens is 1. The molecule has 2 atom stereocenters. The van der Waals surface area contributed by atoms with Crippen molar-refractivity contribution < 1.29 is 4.79 Å². The zero-order valence-electron chi connectivity index (χ0n) is 12.3. The molecule has 0 spiro atoms. The van der Waals surface area contributed by atoms with Crippen molar-refractivity contribution in [3.63, 3.8) is 0 Å². The van der Waals surface area contributed by atoms with Crippen molar-refractivity contribution in [2.45, 2.75) is 50.4 Å². The lowest BCUT2D eigenvalue weighted by molar-refractivity contribution is -0.122. The van der Waals surface area contributed by atoms with Crippen LogP contribution >= 0.6 is 0 Å². The summed E-state index contributed by atoms with van der Waals surface area (Å²) >= 11 is 0. The molecule has 2 saturated heterocycles. The van der Waals surface area contributed by atoms with E-state index in [4.69, 9.17) is 0 Å². The normalized spacial score (nSPS) is 27.2. The van der Waals surface area contributed by atoms with Crippen molar-refractivity contribution in [1.82, 2.24) is 20.2 Å². The predicted octanol–water partition coefficient (Wildman–Crippen LogP) is 0.729. The highest BCUT2D eigenvalue weighted by atomic mass is 16.2. The number of nitrogens with zero attached hydrogens (tertiary/aromatic N) is 1. The van der Waals surface area contributed by atoms with Crippen LogP contribution in [-0.2, 0) is 11.3 Å². The monoisotopic (exact) mass is 300 g/mol. The van der Waals surface area contributed by atoms with Crippen LogP contribution < -0.4 is 16.3 Å². The van der Waals surface area contributed by atoms with Crippen molar-refractivity contribution in [3.05, 3.63) is 34.7 Å². The first-order valence-corrected chi connectivity index (χ1v) is 7.92. The van der Waals surface area contributed by atoms with Gasteiger partial charge in [-0.2, -0.15) is 0 Å². The van der Waals surface area contributed by atoms with Crippen LogP contribution in [0.5, 0.6) is 0 Å². The molecule has 6 heteroatoms. The van der Waals surface area contributed by atoms with Crippen LogP contribution in [0.3, 0.4) is 0 Å². The first-order chi connectivity index (χ1) is 10.7. The molecular formula is C16H20N4O2. The van der Waals surface area contributed by atoms with E-state index in [2.05, 4.69) is 15.6 Å². The lowest BCUT2D eigenvalue weighted by Crippen LogP contribution is -2.48. The summed E-state index contributed by atoms with van der Waals surface area (Å²) in [5.74, 6) is -0.0850. The summed E-state index contributed by atoms with van der Waals surface area (Å²) in [6, 6.07) is 8.75. The van der Waals surface area contributed by atoms with E-state index >= 15 is 0 Å². The van der Waals surface area contributed by atoms with E-state index in [1.165, 1.54) is 17.4 Å². The fourth-order valence-corrected chi connectivity index (χ4v) is 3.86. The Balaban J connectivity index is 1.47. The van der Waals surface area contributed by atoms with E-state index in [1.807, 2.05) is 24.3 Å². The fraction of sp³-hybridized carbons (Fsp3) is 0.500. The second-order valence-corrected chi connectivity index (χ2v) is 6.41. The number of imidazole rings is 1. The van der Waals surface area contributed by atoms with E-state index in [-0.39, 0.29) is 24.2 Å². The Morgan fingerprint density at radius 1 is 1.23 bits per heavy atom. The molecule has 2 unspecified atom stereocenters. The first-order valence-electron chi connectivity index (χ1n) is 7.92. The molecule has 116 valence electrons. The first kappa shape index (κ1) is 13.6. The second-order valence-electron chi connectivity index (χ2n) is 6.41. The van der Waals surface area contributed by atoms with Crippen LogP contribution in [0.1, 0.15) is 25.7 Å². The lowest BCUT2D eigenvalue weighted by Gasteiger charge is -2.29. The van der Waals surface area contributed by atoms with Gasteiger partial charge in [0.25, 0.3) is 0 Å². The SMILES string of the molecule is O=C(Cn1c(=O)[nH]c2ccccc21)NC1CC2CCC(C1)N2. The van der Waals surface area contributed by atoms with Gasteiger partial charge in [0.1, 0.15) is 6.54 Å². The number of aromatic amines is 1. The van der Waals surface area contributed by atoms with Gasteiger partial charge in [-0.05, 0) is 37.8 Å². The summed E-state index contributed by atoms with van der Waals surface area (Å²) in [4.78, 5) is 27.1. The summed E-state index contributed by atoms with van der Waals surface area (Å²) in [7, 11) is 0. The van der Waals surface area contributed by atoms with Crippen LogP contribution in [0, 0.1) is 0 Å². The highest BCUT2D eigenvalue weighted by Gasteiger charge is 2.33. The maximum Gasteiger partial charge on any atom is 0.326 e. The average Bonchev–Trinajstić information content (AvgIpc) is 2.99.